The van der Waals surface area contributed by atoms with Gasteiger partial charge in [0.15, 0.2) is 0 Å². The summed E-state index contributed by atoms with van der Waals surface area (Å²) in [5.41, 5.74) is 4.41. The molecule has 0 aliphatic carbocycles. The molecule has 1 aromatic carbocycles. The van der Waals surface area contributed by atoms with E-state index in [0.29, 0.717) is 48.4 Å². The van der Waals surface area contributed by atoms with Gasteiger partial charge in [-0.05, 0) is 55.7 Å². The first-order chi connectivity index (χ1) is 18.7. The molecule has 0 saturated carbocycles. The number of pyridine rings is 2. The van der Waals surface area contributed by atoms with Crippen LogP contribution in [0.1, 0.15) is 43.5 Å². The molecule has 0 unspecified atom stereocenters. The summed E-state index contributed by atoms with van der Waals surface area (Å²) < 4.78 is 14.9. The Morgan fingerprint density at radius 1 is 1.21 bits per heavy atom. The van der Waals surface area contributed by atoms with Crippen molar-refractivity contribution in [2.75, 3.05) is 31.2 Å². The van der Waals surface area contributed by atoms with E-state index in [1.54, 1.807) is 18.2 Å². The molecule has 5 rings (SSSR count). The van der Waals surface area contributed by atoms with E-state index in [0.717, 1.165) is 28.3 Å². The highest BCUT2D eigenvalue weighted by Crippen LogP contribution is 2.41. The van der Waals surface area contributed by atoms with Crippen LogP contribution in [0.5, 0.6) is 0 Å². The van der Waals surface area contributed by atoms with Crippen LogP contribution in [0.25, 0.3) is 11.3 Å². The van der Waals surface area contributed by atoms with E-state index in [1.807, 2.05) is 37.1 Å². The number of anilines is 2. The molecule has 1 saturated heterocycles. The van der Waals surface area contributed by atoms with Crippen molar-refractivity contribution in [3.05, 3.63) is 82.9 Å². The number of hydrogen-bond acceptors (Lipinski definition) is 6. The van der Waals surface area contributed by atoms with Crippen molar-refractivity contribution in [3.8, 4) is 11.3 Å². The molecule has 0 spiro atoms. The Labute approximate surface area is 233 Å². The van der Waals surface area contributed by atoms with Crippen LogP contribution in [0.2, 0.25) is 5.02 Å². The highest BCUT2D eigenvalue weighted by atomic mass is 35.5. The van der Waals surface area contributed by atoms with Crippen molar-refractivity contribution in [3.63, 3.8) is 0 Å². The average molecular weight is 547 g/mol. The van der Waals surface area contributed by atoms with Crippen LogP contribution < -0.4 is 4.90 Å². The highest BCUT2D eigenvalue weighted by Gasteiger charge is 2.34. The molecule has 1 fully saturated rings. The van der Waals surface area contributed by atoms with Gasteiger partial charge in [-0.25, -0.2) is 14.4 Å². The molecule has 9 heteroatoms. The first-order valence-corrected chi connectivity index (χ1v) is 13.5. The van der Waals surface area contributed by atoms with Crippen molar-refractivity contribution in [2.24, 2.45) is 4.99 Å². The second kappa shape index (κ2) is 10.8. The lowest BCUT2D eigenvalue weighted by Gasteiger charge is -2.42. The zero-order chi connectivity index (χ0) is 27.8. The summed E-state index contributed by atoms with van der Waals surface area (Å²) in [6.45, 7) is 14.0. The van der Waals surface area contributed by atoms with Crippen LogP contribution in [0.4, 0.5) is 15.9 Å². The predicted molar refractivity (Wildman–Crippen MR) is 154 cm³/mol. The minimum absolute atomic E-state index is 0.0253. The third-order valence-electron chi connectivity index (χ3n) is 7.30. The molecule has 2 aliphatic rings. The van der Waals surface area contributed by atoms with Gasteiger partial charge in [-0.2, -0.15) is 0 Å². The third-order valence-corrected chi connectivity index (χ3v) is 7.59. The van der Waals surface area contributed by atoms with Crippen molar-refractivity contribution in [2.45, 2.75) is 39.7 Å². The first-order valence-electron chi connectivity index (χ1n) is 13.1. The Morgan fingerprint density at radius 2 is 1.97 bits per heavy atom. The fourth-order valence-electron chi connectivity index (χ4n) is 5.37. The molecule has 1 atom stereocenters. The van der Waals surface area contributed by atoms with Crippen molar-refractivity contribution in [1.29, 1.82) is 0 Å². The second-order valence-electron chi connectivity index (χ2n) is 10.3. The van der Waals surface area contributed by atoms with Crippen LogP contribution in [-0.2, 0) is 4.79 Å². The molecule has 2 aromatic heterocycles. The lowest BCUT2D eigenvalue weighted by Crippen LogP contribution is -2.55. The zero-order valence-corrected chi connectivity index (χ0v) is 23.4. The fraction of sp³-hybridized carbons (Fsp3) is 0.333. The van der Waals surface area contributed by atoms with E-state index >= 15 is 0 Å². The minimum atomic E-state index is -0.389. The summed E-state index contributed by atoms with van der Waals surface area (Å²) in [6, 6.07) is 10.3. The quantitative estimate of drug-likeness (QED) is 0.379. The maximum Gasteiger partial charge on any atom is 0.246 e. The topological polar surface area (TPSA) is 64.9 Å². The number of aryl methyl sites for hydroxylation is 1. The molecule has 0 radical (unpaired) electrons. The summed E-state index contributed by atoms with van der Waals surface area (Å²) in [7, 11) is 0. The number of benzene rings is 1. The number of aromatic nitrogens is 2. The number of piperazine rings is 1. The van der Waals surface area contributed by atoms with Gasteiger partial charge in [-0.1, -0.05) is 44.2 Å². The van der Waals surface area contributed by atoms with E-state index in [2.05, 4.69) is 30.2 Å². The number of fused-ring (bicyclic) bond motifs is 1. The van der Waals surface area contributed by atoms with Crippen LogP contribution in [0.15, 0.2) is 60.2 Å². The number of rotatable bonds is 4. The second-order valence-corrected chi connectivity index (χ2v) is 10.7. The largest absolute Gasteiger partial charge is 0.352 e. The van der Waals surface area contributed by atoms with E-state index < -0.39 is 0 Å². The number of carbonyl (C=O) groups excluding carboxylic acids is 1. The van der Waals surface area contributed by atoms with Crippen LogP contribution in [0.3, 0.4) is 0 Å². The Balaban J connectivity index is 1.65. The molecule has 3 aromatic rings. The Kier molecular flexibility index (Phi) is 7.40. The lowest BCUT2D eigenvalue weighted by atomic mass is 10.0. The average Bonchev–Trinajstić information content (AvgIpc) is 2.92. The molecular weight excluding hydrogens is 515 g/mol. The number of amides is 1. The minimum Gasteiger partial charge on any atom is -0.352 e. The maximum absolute atomic E-state index is 14.9. The molecule has 0 N–H and O–H groups in total. The van der Waals surface area contributed by atoms with Gasteiger partial charge >= 0.3 is 0 Å². The SMILES string of the molecule is C=CC(=O)N1CCN(C2=NCN(c3c(C)ccnc3C(C)C)c3nc(-c4ccccc4F)c(Cl)cc32)C[C@H]1C. The van der Waals surface area contributed by atoms with Crippen molar-refractivity contribution < 1.29 is 9.18 Å². The standard InChI is InChI=1S/C30H32ClFN6O/c1-6-25(39)37-14-13-36(16-20(37)5)29-22-15-23(31)27(21-9-7-8-10-24(21)32)35-30(22)38(17-34-29)28-19(4)11-12-33-26(28)18(2)3/h6-12,15,18,20H,1,13-14,16-17H2,2-5H3/t20-/m1/s1. The Morgan fingerprint density at radius 3 is 2.67 bits per heavy atom. The third kappa shape index (κ3) is 4.89. The molecule has 4 heterocycles. The fourth-order valence-corrected chi connectivity index (χ4v) is 5.62. The Bertz CT molecular complexity index is 1470. The lowest BCUT2D eigenvalue weighted by molar-refractivity contribution is -0.129. The van der Waals surface area contributed by atoms with Gasteiger partial charge in [0.2, 0.25) is 5.91 Å². The summed E-state index contributed by atoms with van der Waals surface area (Å²) in [5, 5.41) is 0.342. The van der Waals surface area contributed by atoms with Crippen molar-refractivity contribution >= 4 is 34.8 Å². The predicted octanol–water partition coefficient (Wildman–Crippen LogP) is 5.94. The molecule has 202 valence electrons. The highest BCUT2D eigenvalue weighted by molar-refractivity contribution is 6.33. The Hall–Kier alpha value is -3.78. The van der Waals surface area contributed by atoms with Gasteiger partial charge in [0.25, 0.3) is 0 Å². The smallest absolute Gasteiger partial charge is 0.246 e. The monoisotopic (exact) mass is 546 g/mol. The number of hydrogen-bond donors (Lipinski definition) is 0. The van der Waals surface area contributed by atoms with Gasteiger partial charge in [0.05, 0.1) is 27.7 Å². The summed E-state index contributed by atoms with van der Waals surface area (Å²) in [5.74, 6) is 1.12. The van der Waals surface area contributed by atoms with Gasteiger partial charge < -0.3 is 14.7 Å². The number of halogens is 2. The van der Waals surface area contributed by atoms with Crippen molar-refractivity contribution in [1.82, 2.24) is 19.8 Å². The normalized spacial score (nSPS) is 17.3. The van der Waals surface area contributed by atoms with E-state index in [-0.39, 0.29) is 23.7 Å². The molecule has 1 amide bonds. The molecule has 2 aliphatic heterocycles. The number of nitrogens with zero attached hydrogens (tertiary/aromatic N) is 6. The van der Waals surface area contributed by atoms with Gasteiger partial charge in [-0.3, -0.25) is 9.78 Å². The van der Waals surface area contributed by atoms with E-state index in [9.17, 15) is 9.18 Å². The van der Waals surface area contributed by atoms with E-state index in [1.165, 1.54) is 12.1 Å². The van der Waals surface area contributed by atoms with Gasteiger partial charge in [0, 0.05) is 37.4 Å². The van der Waals surface area contributed by atoms with Crippen LogP contribution in [0, 0.1) is 12.7 Å². The number of carbonyl (C=O) groups is 1. The maximum atomic E-state index is 14.9. The number of aliphatic imine (C=N–C) groups is 1. The van der Waals surface area contributed by atoms with E-state index in [4.69, 9.17) is 26.6 Å². The number of amidine groups is 1. The summed E-state index contributed by atoms with van der Waals surface area (Å²) in [4.78, 5) is 33.1. The zero-order valence-electron chi connectivity index (χ0n) is 22.7. The van der Waals surface area contributed by atoms with Crippen LogP contribution >= 0.6 is 11.6 Å². The first kappa shape index (κ1) is 26.8. The summed E-state index contributed by atoms with van der Waals surface area (Å²) in [6.07, 6.45) is 3.17. The van der Waals surface area contributed by atoms with Gasteiger partial charge in [-0.15, -0.1) is 0 Å². The molecule has 7 nitrogen and oxygen atoms in total. The van der Waals surface area contributed by atoms with Crippen LogP contribution in [-0.4, -0.2) is 63.9 Å². The molecule has 39 heavy (non-hydrogen) atoms. The molecule has 0 bridgehead atoms. The summed E-state index contributed by atoms with van der Waals surface area (Å²) >= 11 is 6.79. The van der Waals surface area contributed by atoms with Gasteiger partial charge in [0.1, 0.15) is 24.1 Å². The molecular formula is C30H32ClFN6O.